The molecule has 0 aliphatic carbocycles. The molecule has 3 rings (SSSR count). The Kier molecular flexibility index (Phi) is 3.96. The van der Waals surface area contributed by atoms with E-state index in [2.05, 4.69) is 27.5 Å². The van der Waals surface area contributed by atoms with Crippen molar-refractivity contribution in [2.75, 3.05) is 5.32 Å². The van der Waals surface area contributed by atoms with Crippen molar-refractivity contribution in [3.05, 3.63) is 39.9 Å². The minimum Gasteiger partial charge on any atom is -0.299 e. The average molecular weight is 318 g/mol. The van der Waals surface area contributed by atoms with Crippen LogP contribution < -0.4 is 11.0 Å². The molecule has 1 N–H and O–H groups in total. The highest BCUT2D eigenvalue weighted by molar-refractivity contribution is 7.15. The van der Waals surface area contributed by atoms with Crippen molar-refractivity contribution in [1.82, 2.24) is 24.4 Å². The second kappa shape index (κ2) is 6.06. The fourth-order valence-corrected chi connectivity index (χ4v) is 2.84. The zero-order valence-electron chi connectivity index (χ0n) is 11.9. The summed E-state index contributed by atoms with van der Waals surface area (Å²) in [7, 11) is 0. The summed E-state index contributed by atoms with van der Waals surface area (Å²) < 4.78 is 2.51. The van der Waals surface area contributed by atoms with E-state index >= 15 is 0 Å². The molecule has 0 fully saturated rings. The summed E-state index contributed by atoms with van der Waals surface area (Å²) in [6.07, 6.45) is 3.42. The van der Waals surface area contributed by atoms with Crippen molar-refractivity contribution in [2.24, 2.45) is 0 Å². The number of nitrogens with zero attached hydrogens (tertiary/aromatic N) is 5. The summed E-state index contributed by atoms with van der Waals surface area (Å²) in [5.41, 5.74) is 0.149. The Morgan fingerprint density at radius 1 is 1.36 bits per heavy atom. The van der Waals surface area contributed by atoms with Gasteiger partial charge in [-0.3, -0.25) is 14.5 Å². The molecular formula is C13H14N6O2S. The summed E-state index contributed by atoms with van der Waals surface area (Å²) in [4.78, 5) is 24.1. The van der Waals surface area contributed by atoms with Crippen LogP contribution in [-0.2, 0) is 17.8 Å². The summed E-state index contributed by atoms with van der Waals surface area (Å²) in [5.74, 6) is -0.357. The molecule has 0 saturated carbocycles. The monoisotopic (exact) mass is 318 g/mol. The molecule has 1 amide bonds. The van der Waals surface area contributed by atoms with Gasteiger partial charge in [-0.15, -0.1) is 15.3 Å². The van der Waals surface area contributed by atoms with Crippen LogP contribution in [0.4, 0.5) is 5.13 Å². The summed E-state index contributed by atoms with van der Waals surface area (Å²) in [6.45, 7) is 1.89. The molecule has 0 aliphatic rings. The molecule has 114 valence electrons. The Hall–Kier alpha value is -2.55. The second-order valence-corrected chi connectivity index (χ2v) is 5.73. The lowest BCUT2D eigenvalue weighted by molar-refractivity contribution is -0.117. The molecule has 3 aromatic rings. The number of hydrogen-bond acceptors (Lipinski definition) is 6. The number of aryl methyl sites for hydroxylation is 1. The van der Waals surface area contributed by atoms with Gasteiger partial charge >= 0.3 is 5.69 Å². The topological polar surface area (TPSA) is 94.2 Å². The smallest absolute Gasteiger partial charge is 0.299 e. The molecule has 0 aromatic carbocycles. The Morgan fingerprint density at radius 2 is 2.23 bits per heavy atom. The van der Waals surface area contributed by atoms with Gasteiger partial charge in [-0.05, 0) is 18.6 Å². The number of carbonyl (C=O) groups excluding carboxylic acids is 1. The molecular weight excluding hydrogens is 304 g/mol. The van der Waals surface area contributed by atoms with Gasteiger partial charge in [0.1, 0.15) is 11.6 Å². The van der Waals surface area contributed by atoms with Gasteiger partial charge in [0.2, 0.25) is 11.0 Å². The maximum Gasteiger partial charge on any atom is 0.350 e. The number of hydrogen-bond donors (Lipinski definition) is 1. The van der Waals surface area contributed by atoms with E-state index in [9.17, 15) is 9.59 Å². The van der Waals surface area contributed by atoms with Gasteiger partial charge in [-0.1, -0.05) is 24.3 Å². The highest BCUT2D eigenvalue weighted by Crippen LogP contribution is 2.16. The van der Waals surface area contributed by atoms with Crippen LogP contribution in [0.5, 0.6) is 0 Å². The van der Waals surface area contributed by atoms with Crippen LogP contribution in [0.1, 0.15) is 18.4 Å². The lowest BCUT2D eigenvalue weighted by Crippen LogP contribution is -2.28. The van der Waals surface area contributed by atoms with Gasteiger partial charge in [-0.2, -0.15) is 0 Å². The highest BCUT2D eigenvalue weighted by Gasteiger charge is 2.12. The third kappa shape index (κ3) is 2.89. The Balaban J connectivity index is 1.72. The van der Waals surface area contributed by atoms with E-state index in [1.807, 2.05) is 0 Å². The summed E-state index contributed by atoms with van der Waals surface area (Å²) >= 11 is 1.34. The first-order valence-electron chi connectivity index (χ1n) is 6.84. The normalized spacial score (nSPS) is 11.0. The molecule has 0 aliphatic heterocycles. The highest BCUT2D eigenvalue weighted by atomic mass is 32.1. The fraction of sp³-hybridized carbons (Fsp3) is 0.308. The molecule has 0 spiro atoms. The largest absolute Gasteiger partial charge is 0.350 e. The number of amides is 1. The third-order valence-electron chi connectivity index (χ3n) is 2.96. The van der Waals surface area contributed by atoms with E-state index < -0.39 is 0 Å². The van der Waals surface area contributed by atoms with Crippen molar-refractivity contribution in [3.63, 3.8) is 0 Å². The molecule has 0 unspecified atom stereocenters. The maximum atomic E-state index is 12.1. The fourth-order valence-electron chi connectivity index (χ4n) is 1.98. The van der Waals surface area contributed by atoms with Gasteiger partial charge in [0.25, 0.3) is 0 Å². The van der Waals surface area contributed by atoms with Crippen LogP contribution in [0, 0.1) is 0 Å². The molecule has 0 atom stereocenters. The molecule has 3 heterocycles. The number of anilines is 1. The molecule has 0 saturated heterocycles. The Morgan fingerprint density at radius 3 is 3.00 bits per heavy atom. The van der Waals surface area contributed by atoms with Crippen LogP contribution in [0.25, 0.3) is 5.65 Å². The summed E-state index contributed by atoms with van der Waals surface area (Å²) in [5, 5.41) is 15.9. The standard InChI is InChI=1S/C13H14N6O2S/c1-2-5-11-15-16-12(22-11)14-10(20)8-19-13(21)18-7-4-3-6-9(18)17-19/h3-4,6-7H,2,5,8H2,1H3,(H,14,16,20). The van der Waals surface area contributed by atoms with Crippen molar-refractivity contribution in [3.8, 4) is 0 Å². The van der Waals surface area contributed by atoms with Crippen molar-refractivity contribution < 1.29 is 4.79 Å². The molecule has 22 heavy (non-hydrogen) atoms. The quantitative estimate of drug-likeness (QED) is 0.755. The molecule has 8 nitrogen and oxygen atoms in total. The van der Waals surface area contributed by atoms with Gasteiger partial charge in [0.15, 0.2) is 5.65 Å². The first-order valence-corrected chi connectivity index (χ1v) is 7.65. The Bertz CT molecular complexity index is 865. The van der Waals surface area contributed by atoms with Crippen LogP contribution in [0.2, 0.25) is 0 Å². The molecule has 3 aromatic heterocycles. The molecule has 0 radical (unpaired) electrons. The minimum absolute atomic E-state index is 0.163. The van der Waals surface area contributed by atoms with E-state index in [0.29, 0.717) is 10.8 Å². The van der Waals surface area contributed by atoms with E-state index in [0.717, 1.165) is 22.5 Å². The zero-order chi connectivity index (χ0) is 15.5. The predicted octanol–water partition coefficient (Wildman–Crippen LogP) is 0.939. The third-order valence-corrected chi connectivity index (χ3v) is 3.86. The van der Waals surface area contributed by atoms with Crippen molar-refractivity contribution in [1.29, 1.82) is 0 Å². The minimum atomic E-state index is -0.357. The van der Waals surface area contributed by atoms with E-state index in [1.165, 1.54) is 15.7 Å². The van der Waals surface area contributed by atoms with Crippen LogP contribution >= 0.6 is 11.3 Å². The number of nitrogens with one attached hydrogen (secondary N) is 1. The molecule has 0 bridgehead atoms. The van der Waals surface area contributed by atoms with E-state index in [-0.39, 0.29) is 18.1 Å². The van der Waals surface area contributed by atoms with Crippen LogP contribution in [-0.4, -0.2) is 30.3 Å². The first-order chi connectivity index (χ1) is 10.7. The number of pyridine rings is 1. The number of rotatable bonds is 5. The number of aromatic nitrogens is 5. The molecule has 9 heteroatoms. The number of carbonyl (C=O) groups is 1. The van der Waals surface area contributed by atoms with Crippen molar-refractivity contribution in [2.45, 2.75) is 26.3 Å². The SMILES string of the molecule is CCCc1nnc(NC(=O)Cn2nc3ccccn3c2=O)s1. The van der Waals surface area contributed by atoms with E-state index in [4.69, 9.17) is 0 Å². The Labute approximate surface area is 129 Å². The van der Waals surface area contributed by atoms with Crippen molar-refractivity contribution >= 4 is 28.0 Å². The predicted molar refractivity (Wildman–Crippen MR) is 82.0 cm³/mol. The number of fused-ring (bicyclic) bond motifs is 1. The van der Waals surface area contributed by atoms with E-state index in [1.54, 1.807) is 24.4 Å². The first kappa shape index (κ1) is 14.4. The van der Waals surface area contributed by atoms with Gasteiger partial charge < -0.3 is 0 Å². The van der Waals surface area contributed by atoms with Crippen LogP contribution in [0.15, 0.2) is 29.2 Å². The van der Waals surface area contributed by atoms with Gasteiger partial charge in [-0.25, -0.2) is 9.48 Å². The maximum absolute atomic E-state index is 12.1. The lowest BCUT2D eigenvalue weighted by atomic mass is 10.4. The lowest BCUT2D eigenvalue weighted by Gasteiger charge is -1.99. The summed E-state index contributed by atoms with van der Waals surface area (Å²) in [6, 6.07) is 5.22. The van der Waals surface area contributed by atoms with Gasteiger partial charge in [0.05, 0.1) is 0 Å². The van der Waals surface area contributed by atoms with Crippen LogP contribution in [0.3, 0.4) is 0 Å². The zero-order valence-corrected chi connectivity index (χ0v) is 12.7. The van der Waals surface area contributed by atoms with Gasteiger partial charge in [0, 0.05) is 12.6 Å². The average Bonchev–Trinajstić information content (AvgIpc) is 3.05. The second-order valence-electron chi connectivity index (χ2n) is 4.67.